The Labute approximate surface area is 177 Å². The van der Waals surface area contributed by atoms with Gasteiger partial charge in [-0.25, -0.2) is 13.4 Å². The van der Waals surface area contributed by atoms with Crippen molar-refractivity contribution in [3.63, 3.8) is 0 Å². The summed E-state index contributed by atoms with van der Waals surface area (Å²) in [5, 5.41) is 3.33. The van der Waals surface area contributed by atoms with Gasteiger partial charge in [-0.2, -0.15) is 0 Å². The van der Waals surface area contributed by atoms with Crippen LogP contribution in [-0.4, -0.2) is 49.6 Å². The minimum absolute atomic E-state index is 0.0548. The summed E-state index contributed by atoms with van der Waals surface area (Å²) < 4.78 is 22.8. The van der Waals surface area contributed by atoms with E-state index in [1.165, 1.54) is 6.26 Å². The molecule has 0 fully saturated rings. The molecule has 0 aliphatic heterocycles. The van der Waals surface area contributed by atoms with Gasteiger partial charge < -0.3 is 15.2 Å². The van der Waals surface area contributed by atoms with Crippen LogP contribution in [0.2, 0.25) is 0 Å². The van der Waals surface area contributed by atoms with Crippen molar-refractivity contribution in [1.82, 2.24) is 20.2 Å². The molecule has 1 aromatic heterocycles. The molecule has 2 aromatic carbocycles. The third kappa shape index (κ3) is 6.18. The molecule has 0 spiro atoms. The summed E-state index contributed by atoms with van der Waals surface area (Å²) in [6.45, 7) is 1.17. The third-order valence-electron chi connectivity index (χ3n) is 4.58. The van der Waals surface area contributed by atoms with Crippen LogP contribution in [0.5, 0.6) is 0 Å². The molecule has 0 saturated heterocycles. The van der Waals surface area contributed by atoms with Crippen LogP contribution in [0.15, 0.2) is 65.8 Å². The predicted octanol–water partition coefficient (Wildman–Crippen LogP) is 2.83. The van der Waals surface area contributed by atoms with E-state index >= 15 is 0 Å². The van der Waals surface area contributed by atoms with E-state index in [9.17, 15) is 8.42 Å². The molecule has 0 atom stereocenters. The topological polar surface area (TPSA) is 90.4 Å². The summed E-state index contributed by atoms with van der Waals surface area (Å²) in [7, 11) is 0.668. The van der Waals surface area contributed by atoms with Crippen molar-refractivity contribution < 1.29 is 8.42 Å². The van der Waals surface area contributed by atoms with Crippen LogP contribution in [0.3, 0.4) is 0 Å². The fourth-order valence-corrected chi connectivity index (χ4v) is 3.93. The molecule has 3 rings (SSSR count). The number of nitrogens with zero attached hydrogens (tertiary/aromatic N) is 3. The number of guanidine groups is 1. The zero-order valence-corrected chi connectivity index (χ0v) is 18.3. The Morgan fingerprint density at radius 1 is 1.10 bits per heavy atom. The lowest BCUT2D eigenvalue weighted by atomic mass is 10.1. The van der Waals surface area contributed by atoms with Crippen molar-refractivity contribution in [1.29, 1.82) is 0 Å². The van der Waals surface area contributed by atoms with E-state index in [0.29, 0.717) is 13.1 Å². The Balaban J connectivity index is 1.56. The number of hydrogen-bond acceptors (Lipinski definition) is 4. The molecule has 2 N–H and O–H groups in total. The number of H-pyrrole nitrogens is 1. The van der Waals surface area contributed by atoms with Crippen LogP contribution in [0.25, 0.3) is 11.3 Å². The largest absolute Gasteiger partial charge is 0.352 e. The highest BCUT2D eigenvalue weighted by Crippen LogP contribution is 2.16. The average molecular weight is 426 g/mol. The molecule has 0 bridgehead atoms. The second-order valence-electron chi connectivity index (χ2n) is 7.25. The second kappa shape index (κ2) is 9.58. The standard InChI is InChI=1S/C22H27N5O2S/c1-23-22(25-13-17-9-11-18(12-10-17)16-30(3,28)29)27(2)15-21-24-14-20(26-21)19-7-5-4-6-8-19/h4-12,14H,13,15-16H2,1-3H3,(H,23,25)(H,24,26). The van der Waals surface area contributed by atoms with E-state index in [1.807, 2.05) is 72.7 Å². The number of aromatic nitrogens is 2. The minimum atomic E-state index is -3.03. The summed E-state index contributed by atoms with van der Waals surface area (Å²) in [5.74, 6) is 1.65. The van der Waals surface area contributed by atoms with E-state index < -0.39 is 9.84 Å². The summed E-state index contributed by atoms with van der Waals surface area (Å²) in [6, 6.07) is 17.6. The molecule has 1 heterocycles. The van der Waals surface area contributed by atoms with E-state index in [2.05, 4.69) is 20.3 Å². The first-order valence-electron chi connectivity index (χ1n) is 9.60. The van der Waals surface area contributed by atoms with Gasteiger partial charge in [0.1, 0.15) is 5.82 Å². The van der Waals surface area contributed by atoms with Gasteiger partial charge in [-0.15, -0.1) is 0 Å². The molecule has 158 valence electrons. The monoisotopic (exact) mass is 425 g/mol. The third-order valence-corrected chi connectivity index (χ3v) is 5.43. The summed E-state index contributed by atoms with van der Waals surface area (Å²) in [4.78, 5) is 14.2. The maximum absolute atomic E-state index is 11.4. The fourth-order valence-electron chi connectivity index (χ4n) is 3.13. The van der Waals surface area contributed by atoms with Crippen molar-refractivity contribution in [2.75, 3.05) is 20.4 Å². The average Bonchev–Trinajstić information content (AvgIpc) is 3.18. The Morgan fingerprint density at radius 2 is 1.77 bits per heavy atom. The number of sulfone groups is 1. The lowest BCUT2D eigenvalue weighted by Crippen LogP contribution is -2.38. The number of aromatic amines is 1. The van der Waals surface area contributed by atoms with Gasteiger partial charge in [0.15, 0.2) is 15.8 Å². The second-order valence-corrected chi connectivity index (χ2v) is 9.39. The maximum Gasteiger partial charge on any atom is 0.194 e. The van der Waals surface area contributed by atoms with Gasteiger partial charge in [0.05, 0.1) is 24.2 Å². The Bertz CT molecular complexity index is 1090. The highest BCUT2D eigenvalue weighted by atomic mass is 32.2. The highest BCUT2D eigenvalue weighted by molar-refractivity contribution is 7.89. The minimum Gasteiger partial charge on any atom is -0.352 e. The quantitative estimate of drug-likeness (QED) is 0.449. The lowest BCUT2D eigenvalue weighted by molar-refractivity contribution is 0.464. The number of nitrogens with one attached hydrogen (secondary N) is 2. The SMILES string of the molecule is CN=C(NCc1ccc(CS(C)(=O)=O)cc1)N(C)Cc1ncc(-c2ccccc2)[nH]1. The molecule has 3 aromatic rings. The first-order valence-corrected chi connectivity index (χ1v) is 11.7. The van der Waals surface area contributed by atoms with Crippen LogP contribution in [0, 0.1) is 0 Å². The highest BCUT2D eigenvalue weighted by Gasteiger charge is 2.10. The van der Waals surface area contributed by atoms with Gasteiger partial charge in [0, 0.05) is 26.9 Å². The van der Waals surface area contributed by atoms with Gasteiger partial charge in [-0.1, -0.05) is 54.6 Å². The molecule has 8 heteroatoms. The van der Waals surface area contributed by atoms with E-state index in [-0.39, 0.29) is 5.75 Å². The predicted molar refractivity (Wildman–Crippen MR) is 121 cm³/mol. The van der Waals surface area contributed by atoms with Crippen LogP contribution in [0.4, 0.5) is 0 Å². The summed E-state index contributed by atoms with van der Waals surface area (Å²) in [6.07, 6.45) is 3.08. The lowest BCUT2D eigenvalue weighted by Gasteiger charge is -2.21. The Morgan fingerprint density at radius 3 is 2.40 bits per heavy atom. The first kappa shape index (κ1) is 21.6. The van der Waals surface area contributed by atoms with Gasteiger partial charge in [-0.3, -0.25) is 4.99 Å². The Kier molecular flexibility index (Phi) is 6.89. The maximum atomic E-state index is 11.4. The van der Waals surface area contributed by atoms with E-state index in [4.69, 9.17) is 0 Å². The molecule has 0 amide bonds. The van der Waals surface area contributed by atoms with Crippen LogP contribution < -0.4 is 5.32 Å². The fraction of sp³-hybridized carbons (Fsp3) is 0.273. The molecule has 0 radical (unpaired) electrons. The van der Waals surface area contributed by atoms with E-state index in [0.717, 1.165) is 34.2 Å². The summed E-state index contributed by atoms with van der Waals surface area (Å²) in [5.41, 5.74) is 3.91. The number of hydrogen-bond donors (Lipinski definition) is 2. The number of benzene rings is 2. The molecule has 7 nitrogen and oxygen atoms in total. The van der Waals surface area contributed by atoms with Gasteiger partial charge in [0.25, 0.3) is 0 Å². The van der Waals surface area contributed by atoms with E-state index in [1.54, 1.807) is 7.05 Å². The van der Waals surface area contributed by atoms with Crippen molar-refractivity contribution >= 4 is 15.8 Å². The molecule has 0 saturated carbocycles. The first-order chi connectivity index (χ1) is 14.3. The molecular formula is C22H27N5O2S. The number of rotatable bonds is 7. The molecule has 30 heavy (non-hydrogen) atoms. The number of imidazole rings is 1. The zero-order valence-electron chi connectivity index (χ0n) is 17.5. The summed E-state index contributed by atoms with van der Waals surface area (Å²) >= 11 is 0. The van der Waals surface area contributed by atoms with Crippen molar-refractivity contribution in [2.24, 2.45) is 4.99 Å². The van der Waals surface area contributed by atoms with Crippen LogP contribution in [-0.2, 0) is 28.7 Å². The van der Waals surface area contributed by atoms with Crippen molar-refractivity contribution in [3.05, 3.63) is 77.7 Å². The molecule has 0 aliphatic carbocycles. The van der Waals surface area contributed by atoms with Gasteiger partial charge in [-0.05, 0) is 16.7 Å². The number of aliphatic imine (C=N–C) groups is 1. The molecule has 0 unspecified atom stereocenters. The zero-order chi connectivity index (χ0) is 21.6. The van der Waals surface area contributed by atoms with Crippen LogP contribution in [0.1, 0.15) is 17.0 Å². The van der Waals surface area contributed by atoms with Gasteiger partial charge >= 0.3 is 0 Å². The van der Waals surface area contributed by atoms with Crippen LogP contribution >= 0.6 is 0 Å². The normalized spacial score (nSPS) is 12.0. The Hall–Kier alpha value is -3.13. The van der Waals surface area contributed by atoms with Crippen molar-refractivity contribution in [3.8, 4) is 11.3 Å². The smallest absolute Gasteiger partial charge is 0.194 e. The van der Waals surface area contributed by atoms with Crippen molar-refractivity contribution in [2.45, 2.75) is 18.8 Å². The molecular weight excluding hydrogens is 398 g/mol. The van der Waals surface area contributed by atoms with Gasteiger partial charge in [0.2, 0.25) is 0 Å². The molecule has 0 aliphatic rings.